The van der Waals surface area contributed by atoms with Crippen LogP contribution in [0.1, 0.15) is 0 Å². The highest BCUT2D eigenvalue weighted by Crippen LogP contribution is 2.25. The molecule has 0 saturated carbocycles. The number of nitrogens with zero attached hydrogens (tertiary/aromatic N) is 1. The second-order valence-corrected chi connectivity index (χ2v) is 5.14. The number of aliphatic hydroxyl groups excluding tert-OH is 1. The number of hydrogen-bond donors (Lipinski definition) is 2. The first kappa shape index (κ1) is 13.8. The number of nitro groups is 1. The molecule has 0 aliphatic rings. The lowest BCUT2D eigenvalue weighted by Gasteiger charge is -2.06. The Bertz CT molecular complexity index is 531. The summed E-state index contributed by atoms with van der Waals surface area (Å²) < 4.78 is 25.4. The molecule has 0 atom stereocenters. The minimum absolute atomic E-state index is 0.124. The first-order valence-corrected chi connectivity index (χ1v) is 6.29. The molecule has 0 aliphatic heterocycles. The Balaban J connectivity index is 3.20. The summed E-state index contributed by atoms with van der Waals surface area (Å²) in [4.78, 5) is 9.40. The van der Waals surface area contributed by atoms with E-state index in [4.69, 9.17) is 16.7 Å². The molecule has 94 valence electrons. The van der Waals surface area contributed by atoms with E-state index in [0.29, 0.717) is 0 Å². The number of nitro benzene ring substituents is 1. The lowest BCUT2D eigenvalue weighted by atomic mass is 10.3. The summed E-state index contributed by atoms with van der Waals surface area (Å²) in [5, 5.41) is 18.9. The highest BCUT2D eigenvalue weighted by molar-refractivity contribution is 7.89. The van der Waals surface area contributed by atoms with Crippen molar-refractivity contribution in [2.45, 2.75) is 4.90 Å². The van der Waals surface area contributed by atoms with Crippen molar-refractivity contribution >= 4 is 27.3 Å². The zero-order valence-corrected chi connectivity index (χ0v) is 10.0. The largest absolute Gasteiger partial charge is 0.395 e. The molecule has 17 heavy (non-hydrogen) atoms. The smallest absolute Gasteiger partial charge is 0.270 e. The molecule has 0 fully saturated rings. The fourth-order valence-electron chi connectivity index (χ4n) is 1.07. The molecule has 1 aromatic rings. The van der Waals surface area contributed by atoms with Crippen molar-refractivity contribution in [2.75, 3.05) is 13.2 Å². The molecular weight excluding hydrogens is 272 g/mol. The highest BCUT2D eigenvalue weighted by atomic mass is 35.5. The van der Waals surface area contributed by atoms with Crippen LogP contribution in [0.15, 0.2) is 23.1 Å². The fraction of sp³-hybridized carbons (Fsp3) is 0.250. The maximum Gasteiger partial charge on any atom is 0.270 e. The lowest BCUT2D eigenvalue weighted by molar-refractivity contribution is -0.385. The van der Waals surface area contributed by atoms with Crippen LogP contribution < -0.4 is 4.72 Å². The number of rotatable bonds is 5. The Morgan fingerprint density at radius 3 is 2.65 bits per heavy atom. The van der Waals surface area contributed by atoms with Crippen LogP contribution in [-0.4, -0.2) is 31.6 Å². The van der Waals surface area contributed by atoms with Gasteiger partial charge in [-0.3, -0.25) is 10.1 Å². The molecule has 7 nitrogen and oxygen atoms in total. The van der Waals surface area contributed by atoms with E-state index in [9.17, 15) is 18.5 Å². The minimum atomic E-state index is -3.96. The molecule has 0 heterocycles. The Morgan fingerprint density at radius 1 is 1.47 bits per heavy atom. The molecule has 0 aromatic heterocycles. The number of sulfonamides is 1. The normalized spacial score (nSPS) is 11.4. The van der Waals surface area contributed by atoms with Gasteiger partial charge in [-0.2, -0.15) is 0 Å². The van der Waals surface area contributed by atoms with Gasteiger partial charge in [-0.05, 0) is 6.07 Å². The summed E-state index contributed by atoms with van der Waals surface area (Å²) in [6.45, 7) is -0.576. The first-order chi connectivity index (χ1) is 7.88. The van der Waals surface area contributed by atoms with Crippen molar-refractivity contribution in [1.29, 1.82) is 0 Å². The monoisotopic (exact) mass is 280 g/mol. The van der Waals surface area contributed by atoms with E-state index in [1.165, 1.54) is 0 Å². The third kappa shape index (κ3) is 3.37. The average molecular weight is 281 g/mol. The zero-order valence-electron chi connectivity index (χ0n) is 8.46. The predicted octanol–water partition coefficient (Wildman–Crippen LogP) is 0.519. The van der Waals surface area contributed by atoms with Gasteiger partial charge in [-0.1, -0.05) is 11.6 Å². The van der Waals surface area contributed by atoms with Crippen LogP contribution in [0.5, 0.6) is 0 Å². The van der Waals surface area contributed by atoms with Gasteiger partial charge in [-0.25, -0.2) is 13.1 Å². The molecule has 0 radical (unpaired) electrons. The molecule has 0 saturated heterocycles. The van der Waals surface area contributed by atoms with Crippen LogP contribution in [0.4, 0.5) is 5.69 Å². The lowest BCUT2D eigenvalue weighted by Crippen LogP contribution is -2.26. The van der Waals surface area contributed by atoms with Crippen LogP contribution in [0, 0.1) is 10.1 Å². The second-order valence-electron chi connectivity index (χ2n) is 2.99. The van der Waals surface area contributed by atoms with Gasteiger partial charge in [0.2, 0.25) is 10.0 Å². The molecule has 2 N–H and O–H groups in total. The first-order valence-electron chi connectivity index (χ1n) is 4.43. The number of halogens is 1. The molecule has 0 spiro atoms. The molecule has 0 unspecified atom stereocenters. The van der Waals surface area contributed by atoms with Crippen molar-refractivity contribution in [3.63, 3.8) is 0 Å². The quantitative estimate of drug-likeness (QED) is 0.603. The molecule has 0 bridgehead atoms. The Morgan fingerprint density at radius 2 is 2.12 bits per heavy atom. The summed E-state index contributed by atoms with van der Waals surface area (Å²) in [5.41, 5.74) is -0.376. The second kappa shape index (κ2) is 5.41. The molecule has 9 heteroatoms. The van der Waals surface area contributed by atoms with Crippen LogP contribution in [-0.2, 0) is 10.0 Å². The van der Waals surface area contributed by atoms with Gasteiger partial charge in [0.25, 0.3) is 5.69 Å². The fourth-order valence-corrected chi connectivity index (χ4v) is 2.61. The van der Waals surface area contributed by atoms with Gasteiger partial charge >= 0.3 is 0 Å². The molecule has 1 rings (SSSR count). The van der Waals surface area contributed by atoms with Gasteiger partial charge in [0, 0.05) is 18.7 Å². The van der Waals surface area contributed by atoms with Crippen LogP contribution in [0.25, 0.3) is 0 Å². The summed E-state index contributed by atoms with van der Waals surface area (Å²) in [6.07, 6.45) is 0. The van der Waals surface area contributed by atoms with Crippen LogP contribution in [0.3, 0.4) is 0 Å². The van der Waals surface area contributed by atoms with Crippen LogP contribution in [0.2, 0.25) is 5.02 Å². The maximum absolute atomic E-state index is 11.7. The third-order valence-electron chi connectivity index (χ3n) is 1.82. The third-order valence-corrected chi connectivity index (χ3v) is 3.76. The standard InChI is InChI=1S/C8H9ClN2O5S/c9-7-2-1-6(11(13)14)5-8(7)17(15,16)10-3-4-12/h1-2,5,10,12H,3-4H2. The van der Waals surface area contributed by atoms with Gasteiger partial charge in [0.1, 0.15) is 4.90 Å². The van der Waals surface area contributed by atoms with Gasteiger partial charge in [-0.15, -0.1) is 0 Å². The van der Waals surface area contributed by atoms with E-state index >= 15 is 0 Å². The van der Waals surface area contributed by atoms with E-state index in [2.05, 4.69) is 0 Å². The Kier molecular flexibility index (Phi) is 4.40. The summed E-state index contributed by atoms with van der Waals surface area (Å²) in [5.74, 6) is 0. The van der Waals surface area contributed by atoms with Crippen LogP contribution >= 0.6 is 11.6 Å². The predicted molar refractivity (Wildman–Crippen MR) is 60.4 cm³/mol. The average Bonchev–Trinajstić information content (AvgIpc) is 2.26. The zero-order chi connectivity index (χ0) is 13.1. The molecular formula is C8H9ClN2O5S. The SMILES string of the molecule is O=[N+]([O-])c1ccc(Cl)c(S(=O)(=O)NCCO)c1. The van der Waals surface area contributed by atoms with E-state index in [0.717, 1.165) is 18.2 Å². The molecule has 0 amide bonds. The van der Waals surface area contributed by atoms with Crippen molar-refractivity contribution < 1.29 is 18.4 Å². The Hall–Kier alpha value is -1.22. The number of nitrogens with one attached hydrogen (secondary N) is 1. The van der Waals surface area contributed by atoms with E-state index in [1.54, 1.807) is 0 Å². The highest BCUT2D eigenvalue weighted by Gasteiger charge is 2.20. The van der Waals surface area contributed by atoms with Gasteiger partial charge < -0.3 is 5.11 Å². The number of non-ortho nitro benzene ring substituents is 1. The topological polar surface area (TPSA) is 110 Å². The van der Waals surface area contributed by atoms with Gasteiger partial charge in [0.05, 0.1) is 16.6 Å². The van der Waals surface area contributed by atoms with Gasteiger partial charge in [0.15, 0.2) is 0 Å². The number of aliphatic hydroxyl groups is 1. The van der Waals surface area contributed by atoms with E-state index in [1.807, 2.05) is 4.72 Å². The van der Waals surface area contributed by atoms with Crippen molar-refractivity contribution in [1.82, 2.24) is 4.72 Å². The van der Waals surface area contributed by atoms with E-state index in [-0.39, 0.29) is 28.8 Å². The van der Waals surface area contributed by atoms with Crippen molar-refractivity contribution in [3.8, 4) is 0 Å². The van der Waals surface area contributed by atoms with E-state index < -0.39 is 14.9 Å². The minimum Gasteiger partial charge on any atom is -0.395 e. The number of benzene rings is 1. The number of hydrogen-bond acceptors (Lipinski definition) is 5. The summed E-state index contributed by atoms with van der Waals surface area (Å²) in [7, 11) is -3.96. The maximum atomic E-state index is 11.7. The Labute approximate surface area is 102 Å². The molecule has 1 aromatic carbocycles. The molecule has 0 aliphatic carbocycles. The summed E-state index contributed by atoms with van der Waals surface area (Å²) in [6, 6.07) is 3.10. The summed E-state index contributed by atoms with van der Waals surface area (Å²) >= 11 is 5.66. The van der Waals surface area contributed by atoms with Crippen molar-refractivity contribution in [3.05, 3.63) is 33.3 Å². The van der Waals surface area contributed by atoms with Crippen molar-refractivity contribution in [2.24, 2.45) is 0 Å².